The third kappa shape index (κ3) is 3.60. The first kappa shape index (κ1) is 14.3. The van der Waals surface area contributed by atoms with E-state index in [1.165, 1.54) is 6.08 Å². The molecule has 0 fully saturated rings. The molecule has 0 atom stereocenters. The molecule has 0 bridgehead atoms. The smallest absolute Gasteiger partial charge is 0.342 e. The maximum Gasteiger partial charge on any atom is 0.342 e. The molecule has 0 radical (unpaired) electrons. The van der Waals surface area contributed by atoms with Crippen molar-refractivity contribution in [3.05, 3.63) is 45.3 Å². The van der Waals surface area contributed by atoms with E-state index in [1.54, 1.807) is 0 Å². The number of hydrogen-bond acceptors (Lipinski definition) is 4. The number of benzene rings is 1. The average Bonchev–Trinajstić information content (AvgIpc) is 2.29. The molecule has 0 spiro atoms. The van der Waals surface area contributed by atoms with Gasteiger partial charge in [0.25, 0.3) is 5.69 Å². The summed E-state index contributed by atoms with van der Waals surface area (Å²) in [4.78, 5) is 31.0. The van der Waals surface area contributed by atoms with Gasteiger partial charge in [-0.05, 0) is 6.07 Å². The summed E-state index contributed by atoms with van der Waals surface area (Å²) >= 11 is 0. The minimum atomic E-state index is -1.60. The van der Waals surface area contributed by atoms with Crippen LogP contribution in [-0.2, 0) is 4.79 Å². The fourth-order valence-corrected chi connectivity index (χ4v) is 1.33. The number of nitrogens with zero attached hydrogens (tertiary/aromatic N) is 1. The van der Waals surface area contributed by atoms with Crippen LogP contribution in [0.4, 0.5) is 10.1 Å². The number of halogens is 1. The predicted octanol–water partition coefficient (Wildman–Crippen LogP) is 1.32. The lowest BCUT2D eigenvalue weighted by Gasteiger charge is -2.01. The van der Waals surface area contributed by atoms with Crippen LogP contribution in [0.15, 0.2) is 18.2 Å². The number of rotatable bonds is 5. The molecule has 1 amide bonds. The Labute approximate surface area is 106 Å². The van der Waals surface area contributed by atoms with Crippen molar-refractivity contribution in [1.82, 2.24) is 0 Å². The number of nitrogens with two attached hydrogens (primary N) is 1. The molecule has 3 N–H and O–H groups in total. The Morgan fingerprint density at radius 1 is 1.47 bits per heavy atom. The Morgan fingerprint density at radius 2 is 2.11 bits per heavy atom. The summed E-state index contributed by atoms with van der Waals surface area (Å²) < 4.78 is 13.5. The topological polar surface area (TPSA) is 124 Å². The quantitative estimate of drug-likeness (QED) is 0.615. The third-order valence-corrected chi connectivity index (χ3v) is 2.16. The van der Waals surface area contributed by atoms with Gasteiger partial charge in [0.1, 0.15) is 11.4 Å². The highest BCUT2D eigenvalue weighted by Gasteiger charge is 2.22. The van der Waals surface area contributed by atoms with Crippen molar-refractivity contribution in [3.63, 3.8) is 0 Å². The Balaban J connectivity index is 3.25. The van der Waals surface area contributed by atoms with Crippen molar-refractivity contribution in [2.75, 3.05) is 0 Å². The van der Waals surface area contributed by atoms with Crippen LogP contribution in [0.25, 0.3) is 6.08 Å². The van der Waals surface area contributed by atoms with Gasteiger partial charge in [-0.1, -0.05) is 12.2 Å². The van der Waals surface area contributed by atoms with Crippen LogP contribution >= 0.6 is 0 Å². The molecule has 8 heteroatoms. The Morgan fingerprint density at radius 3 is 2.58 bits per heavy atom. The van der Waals surface area contributed by atoms with Crippen LogP contribution in [0, 0.1) is 15.9 Å². The maximum absolute atomic E-state index is 13.5. The third-order valence-electron chi connectivity index (χ3n) is 2.16. The fourth-order valence-electron chi connectivity index (χ4n) is 1.33. The Bertz CT molecular complexity index is 583. The highest BCUT2D eigenvalue weighted by molar-refractivity contribution is 5.93. The van der Waals surface area contributed by atoms with Crippen LogP contribution < -0.4 is 5.73 Å². The highest BCUT2D eigenvalue weighted by atomic mass is 19.1. The predicted molar refractivity (Wildman–Crippen MR) is 62.9 cm³/mol. The van der Waals surface area contributed by atoms with Crippen molar-refractivity contribution >= 4 is 23.6 Å². The molecular formula is C11H9FN2O5. The van der Waals surface area contributed by atoms with Gasteiger partial charge >= 0.3 is 5.97 Å². The number of aromatic carboxylic acids is 1. The molecule has 100 valence electrons. The number of amides is 1. The summed E-state index contributed by atoms with van der Waals surface area (Å²) in [5, 5.41) is 19.4. The van der Waals surface area contributed by atoms with Gasteiger partial charge in [-0.25, -0.2) is 9.18 Å². The summed E-state index contributed by atoms with van der Waals surface area (Å²) in [5.74, 6) is -3.18. The van der Waals surface area contributed by atoms with Crippen LogP contribution in [0.5, 0.6) is 0 Å². The summed E-state index contributed by atoms with van der Waals surface area (Å²) in [6.45, 7) is 0. The first-order valence-electron chi connectivity index (χ1n) is 4.99. The van der Waals surface area contributed by atoms with Crippen molar-refractivity contribution in [1.29, 1.82) is 0 Å². The number of carbonyl (C=O) groups excluding carboxylic acids is 1. The number of nitro benzene ring substituents is 1. The molecule has 0 aliphatic heterocycles. The monoisotopic (exact) mass is 268 g/mol. The van der Waals surface area contributed by atoms with E-state index < -0.39 is 33.9 Å². The largest absolute Gasteiger partial charge is 0.477 e. The van der Waals surface area contributed by atoms with Gasteiger partial charge in [0, 0.05) is 18.1 Å². The maximum atomic E-state index is 13.5. The van der Waals surface area contributed by atoms with Crippen LogP contribution in [-0.4, -0.2) is 21.9 Å². The van der Waals surface area contributed by atoms with Gasteiger partial charge in [-0.15, -0.1) is 0 Å². The molecule has 0 aliphatic rings. The number of primary amides is 1. The van der Waals surface area contributed by atoms with E-state index in [-0.39, 0.29) is 12.0 Å². The second-order valence-corrected chi connectivity index (χ2v) is 3.53. The molecule has 0 aromatic heterocycles. The van der Waals surface area contributed by atoms with Gasteiger partial charge in [-0.2, -0.15) is 0 Å². The van der Waals surface area contributed by atoms with Crippen LogP contribution in [0.3, 0.4) is 0 Å². The van der Waals surface area contributed by atoms with Crippen molar-refractivity contribution in [2.24, 2.45) is 5.73 Å². The molecule has 0 saturated heterocycles. The van der Waals surface area contributed by atoms with Crippen LogP contribution in [0.2, 0.25) is 0 Å². The van der Waals surface area contributed by atoms with E-state index in [0.29, 0.717) is 6.07 Å². The molecule has 0 heterocycles. The summed E-state index contributed by atoms with van der Waals surface area (Å²) in [7, 11) is 0. The standard InChI is InChI=1S/C11H9FN2O5/c12-8-5-7(11(16)17)9(14(18)19)4-6(8)2-1-3-10(13)15/h1-2,4-5H,3H2,(H2,13,15)(H,16,17). The van der Waals surface area contributed by atoms with Gasteiger partial charge < -0.3 is 10.8 Å². The van der Waals surface area contributed by atoms with E-state index in [4.69, 9.17) is 10.8 Å². The zero-order valence-electron chi connectivity index (χ0n) is 9.50. The molecule has 7 nitrogen and oxygen atoms in total. The highest BCUT2D eigenvalue weighted by Crippen LogP contribution is 2.24. The molecule has 1 aromatic rings. The number of carbonyl (C=O) groups is 2. The van der Waals surface area contributed by atoms with E-state index in [1.807, 2.05) is 0 Å². The van der Waals surface area contributed by atoms with Gasteiger partial charge in [0.05, 0.1) is 4.92 Å². The summed E-state index contributed by atoms with van der Waals surface area (Å²) in [6.07, 6.45) is 2.19. The second-order valence-electron chi connectivity index (χ2n) is 3.53. The molecule has 0 unspecified atom stereocenters. The van der Waals surface area contributed by atoms with Crippen molar-refractivity contribution in [2.45, 2.75) is 6.42 Å². The number of carboxylic acids is 1. The lowest BCUT2D eigenvalue weighted by molar-refractivity contribution is -0.385. The van der Waals surface area contributed by atoms with E-state index in [2.05, 4.69) is 0 Å². The van der Waals surface area contributed by atoms with Gasteiger partial charge in [-0.3, -0.25) is 14.9 Å². The number of hydrogen-bond donors (Lipinski definition) is 2. The molecule has 0 aliphatic carbocycles. The van der Waals surface area contributed by atoms with Crippen molar-refractivity contribution in [3.8, 4) is 0 Å². The Kier molecular flexibility index (Phi) is 4.30. The van der Waals surface area contributed by atoms with Gasteiger partial charge in [0.2, 0.25) is 5.91 Å². The van der Waals surface area contributed by atoms with E-state index in [0.717, 1.165) is 12.1 Å². The number of carboxylic acid groups (broad SMARTS) is 1. The average molecular weight is 268 g/mol. The SMILES string of the molecule is NC(=O)CC=Cc1cc([N+](=O)[O-])c(C(=O)O)cc1F. The minimum Gasteiger partial charge on any atom is -0.477 e. The molecular weight excluding hydrogens is 259 g/mol. The van der Waals surface area contributed by atoms with Gasteiger partial charge in [0.15, 0.2) is 0 Å². The Hall–Kier alpha value is -2.77. The molecule has 1 aromatic carbocycles. The molecule has 0 saturated carbocycles. The zero-order valence-corrected chi connectivity index (χ0v) is 9.50. The zero-order chi connectivity index (χ0) is 14.6. The molecule has 1 rings (SSSR count). The normalized spacial score (nSPS) is 10.6. The molecule has 19 heavy (non-hydrogen) atoms. The van der Waals surface area contributed by atoms with E-state index >= 15 is 0 Å². The first-order valence-corrected chi connectivity index (χ1v) is 4.99. The lowest BCUT2D eigenvalue weighted by atomic mass is 10.1. The summed E-state index contributed by atoms with van der Waals surface area (Å²) in [6, 6.07) is 1.35. The number of nitro groups is 1. The minimum absolute atomic E-state index is 0.159. The van der Waals surface area contributed by atoms with Crippen LogP contribution in [0.1, 0.15) is 22.3 Å². The lowest BCUT2D eigenvalue weighted by Crippen LogP contribution is -2.08. The second kappa shape index (κ2) is 5.71. The van der Waals surface area contributed by atoms with E-state index in [9.17, 15) is 24.1 Å². The van der Waals surface area contributed by atoms with Crippen molar-refractivity contribution < 1.29 is 24.0 Å². The first-order chi connectivity index (χ1) is 8.82. The summed E-state index contributed by atoms with van der Waals surface area (Å²) in [5.41, 5.74) is 3.20. The fraction of sp³-hybridized carbons (Fsp3) is 0.0909.